The maximum absolute atomic E-state index is 12.4. The van der Waals surface area contributed by atoms with E-state index in [0.717, 1.165) is 0 Å². The molecular formula is C11H11BrIN3OS. The molecule has 0 aromatic carbocycles. The van der Waals surface area contributed by atoms with Gasteiger partial charge < -0.3 is 0 Å². The number of nitrogens with zero attached hydrogens (tertiary/aromatic N) is 3. The molecule has 2 heterocycles. The Morgan fingerprint density at radius 2 is 2.17 bits per heavy atom. The van der Waals surface area contributed by atoms with Crippen LogP contribution in [0, 0.1) is 5.41 Å². The van der Waals surface area contributed by atoms with Gasteiger partial charge in [0.2, 0.25) is 0 Å². The summed E-state index contributed by atoms with van der Waals surface area (Å²) < 4.78 is 2.49. The highest BCUT2D eigenvalue weighted by molar-refractivity contribution is 14.2. The van der Waals surface area contributed by atoms with Gasteiger partial charge in [-0.15, -0.1) is 0 Å². The number of carbonyl (C=O) groups excluding carboxylic acids is 1. The van der Waals surface area contributed by atoms with Crippen molar-refractivity contribution in [1.29, 1.82) is 0 Å². The molecule has 0 aliphatic heterocycles. The number of aromatic nitrogens is 3. The van der Waals surface area contributed by atoms with Crippen molar-refractivity contribution in [2.45, 2.75) is 20.8 Å². The number of rotatable bonds is 2. The van der Waals surface area contributed by atoms with Gasteiger partial charge in [-0.25, -0.2) is 9.97 Å². The zero-order valence-electron chi connectivity index (χ0n) is 10.1. The second-order valence-corrected chi connectivity index (χ2v) is 7.41. The molecule has 2 aromatic rings. The lowest BCUT2D eigenvalue weighted by Gasteiger charge is -2.15. The van der Waals surface area contributed by atoms with E-state index >= 15 is 0 Å². The van der Waals surface area contributed by atoms with Crippen molar-refractivity contribution >= 4 is 63.2 Å². The summed E-state index contributed by atoms with van der Waals surface area (Å²) in [4.78, 5) is 21.1. The van der Waals surface area contributed by atoms with Crippen LogP contribution in [0.1, 0.15) is 31.1 Å². The summed E-state index contributed by atoms with van der Waals surface area (Å²) >= 11 is 5.45. The zero-order chi connectivity index (χ0) is 13.5. The second kappa shape index (κ2) is 5.09. The highest BCUT2D eigenvalue weighted by Gasteiger charge is 2.27. The SMILES string of the molecule is CC(C)(C)C(=O)c1cn(SI)c2ncc(Br)nc12. The Labute approximate surface area is 130 Å². The average molecular weight is 440 g/mol. The van der Waals surface area contributed by atoms with Crippen molar-refractivity contribution in [2.75, 3.05) is 0 Å². The smallest absolute Gasteiger partial charge is 0.172 e. The van der Waals surface area contributed by atoms with Crippen molar-refractivity contribution in [3.05, 3.63) is 22.6 Å². The number of hydrogen-bond donors (Lipinski definition) is 0. The third kappa shape index (κ3) is 2.57. The van der Waals surface area contributed by atoms with Gasteiger partial charge in [-0.2, -0.15) is 0 Å². The Bertz CT molecular complexity index is 621. The summed E-state index contributed by atoms with van der Waals surface area (Å²) in [6.07, 6.45) is 3.44. The van der Waals surface area contributed by atoms with E-state index in [1.165, 1.54) is 9.12 Å². The van der Waals surface area contributed by atoms with Crippen molar-refractivity contribution in [1.82, 2.24) is 13.9 Å². The predicted molar refractivity (Wildman–Crippen MR) is 86.0 cm³/mol. The summed E-state index contributed by atoms with van der Waals surface area (Å²) in [5.41, 5.74) is 1.55. The standard InChI is InChI=1S/C11H11BrIN3OS/c1-11(2,3)9(17)6-5-16(18-13)10-8(6)15-7(12)4-14-10/h4-5H,1-3H3. The van der Waals surface area contributed by atoms with Gasteiger partial charge in [-0.1, -0.05) is 20.8 Å². The lowest BCUT2D eigenvalue weighted by molar-refractivity contribution is 0.0860. The molecule has 0 amide bonds. The van der Waals surface area contributed by atoms with Crippen molar-refractivity contribution in [2.24, 2.45) is 5.41 Å². The highest BCUT2D eigenvalue weighted by Crippen LogP contribution is 2.30. The number of Topliss-reactive ketones (excluding diaryl/α,β-unsaturated/α-hetero) is 1. The first-order chi connectivity index (χ1) is 8.34. The van der Waals surface area contributed by atoms with Gasteiger partial charge in [-0.05, 0) is 15.9 Å². The van der Waals surface area contributed by atoms with Crippen LogP contribution >= 0.6 is 46.3 Å². The summed E-state index contributed by atoms with van der Waals surface area (Å²) in [5.74, 6) is 0.0732. The lowest BCUT2D eigenvalue weighted by Crippen LogP contribution is -2.20. The predicted octanol–water partition coefficient (Wildman–Crippen LogP) is 4.27. The molecule has 7 heteroatoms. The molecule has 0 saturated heterocycles. The van der Waals surface area contributed by atoms with Crippen molar-refractivity contribution in [3.63, 3.8) is 0 Å². The van der Waals surface area contributed by atoms with Crippen LogP contribution < -0.4 is 0 Å². The van der Waals surface area contributed by atoms with Gasteiger partial charge in [0, 0.05) is 41.9 Å². The molecule has 2 rings (SSSR count). The topological polar surface area (TPSA) is 47.8 Å². The number of halogens is 2. The summed E-state index contributed by atoms with van der Waals surface area (Å²) in [5, 5.41) is 0. The van der Waals surface area contributed by atoms with Crippen LogP contribution in [0.3, 0.4) is 0 Å². The molecular weight excluding hydrogens is 429 g/mol. The molecule has 0 unspecified atom stereocenters. The number of fused-ring (bicyclic) bond motifs is 1. The maximum Gasteiger partial charge on any atom is 0.172 e. The van der Waals surface area contributed by atoms with E-state index in [2.05, 4.69) is 47.1 Å². The molecule has 0 fully saturated rings. The minimum Gasteiger partial charge on any atom is -0.293 e. The fourth-order valence-corrected chi connectivity index (χ4v) is 3.09. The molecule has 0 saturated carbocycles. The molecule has 2 aromatic heterocycles. The first-order valence-corrected chi connectivity index (χ1v) is 9.33. The Morgan fingerprint density at radius 1 is 1.50 bits per heavy atom. The largest absolute Gasteiger partial charge is 0.293 e. The Hall–Kier alpha value is -0.150. The summed E-state index contributed by atoms with van der Waals surface area (Å²) in [7, 11) is 1.47. The first kappa shape index (κ1) is 14.3. The van der Waals surface area contributed by atoms with Crippen LogP contribution in [0.4, 0.5) is 0 Å². The normalized spacial score (nSPS) is 12.1. The molecule has 0 radical (unpaired) electrons. The van der Waals surface area contributed by atoms with Crippen molar-refractivity contribution in [3.8, 4) is 0 Å². The quantitative estimate of drug-likeness (QED) is 0.517. The fourth-order valence-electron chi connectivity index (χ4n) is 1.57. The average Bonchev–Trinajstić information content (AvgIpc) is 2.64. The molecule has 96 valence electrons. The molecule has 0 bridgehead atoms. The third-order valence-electron chi connectivity index (χ3n) is 2.43. The number of carbonyl (C=O) groups is 1. The van der Waals surface area contributed by atoms with Crippen LogP contribution in [0.5, 0.6) is 0 Å². The minimum absolute atomic E-state index is 0.0732. The van der Waals surface area contributed by atoms with E-state index in [1.807, 2.05) is 30.9 Å². The van der Waals surface area contributed by atoms with E-state index < -0.39 is 5.41 Å². The molecule has 0 N–H and O–H groups in total. The van der Waals surface area contributed by atoms with Crippen LogP contribution in [-0.4, -0.2) is 19.7 Å². The lowest BCUT2D eigenvalue weighted by atomic mass is 9.87. The number of ketones is 1. The van der Waals surface area contributed by atoms with Crippen LogP contribution in [0.25, 0.3) is 11.2 Å². The molecule has 0 atom stereocenters. The van der Waals surface area contributed by atoms with Gasteiger partial charge in [0.15, 0.2) is 11.4 Å². The Morgan fingerprint density at radius 3 is 2.72 bits per heavy atom. The molecule has 0 spiro atoms. The Balaban J connectivity index is 2.71. The van der Waals surface area contributed by atoms with Gasteiger partial charge in [-0.3, -0.25) is 8.77 Å². The Kier molecular flexibility index (Phi) is 4.03. The van der Waals surface area contributed by atoms with Gasteiger partial charge in [0.25, 0.3) is 0 Å². The third-order valence-corrected chi connectivity index (χ3v) is 4.52. The highest BCUT2D eigenvalue weighted by atomic mass is 127. The van der Waals surface area contributed by atoms with Crippen LogP contribution in [0.2, 0.25) is 0 Å². The minimum atomic E-state index is -0.431. The van der Waals surface area contributed by atoms with Gasteiger partial charge in [0.1, 0.15) is 10.1 Å². The second-order valence-electron chi connectivity index (χ2n) is 4.88. The van der Waals surface area contributed by atoms with Gasteiger partial charge >= 0.3 is 0 Å². The fraction of sp³-hybridized carbons (Fsp3) is 0.364. The van der Waals surface area contributed by atoms with E-state index in [-0.39, 0.29) is 5.78 Å². The van der Waals surface area contributed by atoms with E-state index in [0.29, 0.717) is 21.3 Å². The number of hydrogen-bond acceptors (Lipinski definition) is 4. The molecule has 18 heavy (non-hydrogen) atoms. The monoisotopic (exact) mass is 439 g/mol. The van der Waals surface area contributed by atoms with Crippen molar-refractivity contribution < 1.29 is 4.79 Å². The zero-order valence-corrected chi connectivity index (χ0v) is 14.6. The van der Waals surface area contributed by atoms with E-state index in [1.54, 1.807) is 6.20 Å². The van der Waals surface area contributed by atoms with Gasteiger partial charge in [0.05, 0.1) is 11.8 Å². The maximum atomic E-state index is 12.4. The molecule has 0 aliphatic carbocycles. The van der Waals surface area contributed by atoms with Crippen LogP contribution in [-0.2, 0) is 0 Å². The first-order valence-electron chi connectivity index (χ1n) is 5.22. The molecule has 0 aliphatic rings. The summed E-state index contributed by atoms with van der Waals surface area (Å²) in [6, 6.07) is 0. The van der Waals surface area contributed by atoms with E-state index in [4.69, 9.17) is 0 Å². The summed E-state index contributed by atoms with van der Waals surface area (Å²) in [6.45, 7) is 5.71. The van der Waals surface area contributed by atoms with E-state index in [9.17, 15) is 4.79 Å². The molecule has 4 nitrogen and oxygen atoms in total. The van der Waals surface area contributed by atoms with Crippen LogP contribution in [0.15, 0.2) is 17.0 Å².